The Morgan fingerprint density at radius 1 is 0.971 bits per heavy atom. The fourth-order valence-electron chi connectivity index (χ4n) is 5.13. The van der Waals surface area contributed by atoms with Crippen molar-refractivity contribution in [3.63, 3.8) is 0 Å². The van der Waals surface area contributed by atoms with E-state index < -0.39 is 10.1 Å². The van der Waals surface area contributed by atoms with E-state index in [4.69, 9.17) is 4.18 Å². The predicted molar refractivity (Wildman–Crippen MR) is 136 cm³/mol. The van der Waals surface area contributed by atoms with Crippen molar-refractivity contribution in [2.45, 2.75) is 75.1 Å². The maximum atomic E-state index is 12.8. The van der Waals surface area contributed by atoms with Gasteiger partial charge in [-0.25, -0.2) is 4.98 Å². The Bertz CT molecular complexity index is 1270. The van der Waals surface area contributed by atoms with Crippen LogP contribution in [0.4, 0.5) is 11.6 Å². The normalized spacial score (nSPS) is 17.5. The predicted octanol–water partition coefficient (Wildman–Crippen LogP) is 5.59. The molecule has 2 aliphatic rings. The maximum Gasteiger partial charge on any atom is 0.339 e. The van der Waals surface area contributed by atoms with Crippen LogP contribution in [0, 0.1) is 5.92 Å². The number of aromatic amines is 1. The van der Waals surface area contributed by atoms with Crippen LogP contribution in [0.3, 0.4) is 0 Å². The number of imidazole rings is 1. The SMILES string of the molecule is O=C(CC1CCCCC1)Nc1nc2ccc(OS(=O)(=O)c3ccc(NC4CCCC4)cc3)cc2[nH]1. The Kier molecular flexibility index (Phi) is 6.95. The Labute approximate surface area is 206 Å². The topological polar surface area (TPSA) is 113 Å². The Morgan fingerprint density at radius 2 is 1.69 bits per heavy atom. The number of carbonyl (C=O) groups is 1. The van der Waals surface area contributed by atoms with Crippen molar-refractivity contribution in [2.24, 2.45) is 5.92 Å². The smallest absolute Gasteiger partial charge is 0.339 e. The van der Waals surface area contributed by atoms with Gasteiger partial charge in [-0.1, -0.05) is 32.1 Å². The average molecular weight is 497 g/mol. The molecule has 3 aromatic rings. The number of rotatable bonds is 8. The summed E-state index contributed by atoms with van der Waals surface area (Å²) in [6.45, 7) is 0. The first kappa shape index (κ1) is 23.7. The zero-order valence-corrected chi connectivity index (χ0v) is 20.6. The van der Waals surface area contributed by atoms with E-state index in [0.717, 1.165) is 31.4 Å². The van der Waals surface area contributed by atoms with Crippen molar-refractivity contribution in [1.82, 2.24) is 9.97 Å². The number of H-pyrrole nitrogens is 1. The molecule has 1 heterocycles. The molecule has 8 nitrogen and oxygen atoms in total. The highest BCUT2D eigenvalue weighted by Gasteiger charge is 2.20. The first-order valence-corrected chi connectivity index (χ1v) is 14.0. The number of amides is 1. The molecule has 0 radical (unpaired) electrons. The molecule has 35 heavy (non-hydrogen) atoms. The van der Waals surface area contributed by atoms with Crippen LogP contribution in [0.5, 0.6) is 5.75 Å². The Morgan fingerprint density at radius 3 is 2.43 bits per heavy atom. The van der Waals surface area contributed by atoms with Gasteiger partial charge in [0.1, 0.15) is 10.6 Å². The molecule has 9 heteroatoms. The van der Waals surface area contributed by atoms with Gasteiger partial charge in [-0.3, -0.25) is 10.1 Å². The fourth-order valence-corrected chi connectivity index (χ4v) is 6.06. The summed E-state index contributed by atoms with van der Waals surface area (Å²) in [4.78, 5) is 19.9. The van der Waals surface area contributed by atoms with Crippen molar-refractivity contribution in [1.29, 1.82) is 0 Å². The number of benzene rings is 2. The molecule has 2 aromatic carbocycles. The van der Waals surface area contributed by atoms with Crippen LogP contribution in [0.2, 0.25) is 0 Å². The highest BCUT2D eigenvalue weighted by molar-refractivity contribution is 7.87. The van der Waals surface area contributed by atoms with Crippen LogP contribution in [0.25, 0.3) is 11.0 Å². The summed E-state index contributed by atoms with van der Waals surface area (Å²) in [5.41, 5.74) is 2.11. The van der Waals surface area contributed by atoms with Gasteiger partial charge in [-0.2, -0.15) is 8.42 Å². The standard InChI is InChI=1S/C26H32N4O4S/c31-25(16-18-6-2-1-3-7-18)30-26-28-23-15-12-21(17-24(23)29-26)34-35(32,33)22-13-10-20(11-14-22)27-19-8-4-5-9-19/h10-15,17-19,27H,1-9,16H2,(H2,28,29,30,31). The molecule has 0 spiro atoms. The summed E-state index contributed by atoms with van der Waals surface area (Å²) in [5, 5.41) is 6.28. The summed E-state index contributed by atoms with van der Waals surface area (Å²) in [6.07, 6.45) is 11.1. The summed E-state index contributed by atoms with van der Waals surface area (Å²) in [6, 6.07) is 11.9. The summed E-state index contributed by atoms with van der Waals surface area (Å²) in [7, 11) is -3.99. The third-order valence-electron chi connectivity index (χ3n) is 6.98. The van der Waals surface area contributed by atoms with Gasteiger partial charge < -0.3 is 14.5 Å². The first-order chi connectivity index (χ1) is 16.9. The second-order valence-electron chi connectivity index (χ2n) is 9.71. The molecule has 0 bridgehead atoms. The molecule has 1 amide bonds. The molecular weight excluding hydrogens is 464 g/mol. The van der Waals surface area contributed by atoms with Crippen molar-refractivity contribution < 1.29 is 17.4 Å². The third-order valence-corrected chi connectivity index (χ3v) is 8.25. The molecule has 2 fully saturated rings. The van der Waals surface area contributed by atoms with E-state index in [9.17, 15) is 13.2 Å². The summed E-state index contributed by atoms with van der Waals surface area (Å²) < 4.78 is 31.0. The fraction of sp³-hybridized carbons (Fsp3) is 0.462. The van der Waals surface area contributed by atoms with Crippen LogP contribution in [-0.4, -0.2) is 30.3 Å². The minimum absolute atomic E-state index is 0.0547. The number of carbonyl (C=O) groups excluding carboxylic acids is 1. The van der Waals surface area contributed by atoms with Crippen LogP contribution >= 0.6 is 0 Å². The molecule has 2 saturated carbocycles. The monoisotopic (exact) mass is 496 g/mol. The van der Waals surface area contributed by atoms with Crippen LogP contribution in [0.1, 0.15) is 64.2 Å². The largest absolute Gasteiger partial charge is 0.382 e. The lowest BCUT2D eigenvalue weighted by Gasteiger charge is -2.20. The van der Waals surface area contributed by atoms with E-state index in [1.807, 2.05) is 0 Å². The number of nitrogens with zero attached hydrogens (tertiary/aromatic N) is 1. The quantitative estimate of drug-likeness (QED) is 0.350. The molecule has 0 unspecified atom stereocenters. The summed E-state index contributed by atoms with van der Waals surface area (Å²) >= 11 is 0. The van der Waals surface area contributed by atoms with E-state index in [2.05, 4.69) is 20.6 Å². The second-order valence-corrected chi connectivity index (χ2v) is 11.3. The highest BCUT2D eigenvalue weighted by atomic mass is 32.2. The Balaban J connectivity index is 1.22. The average Bonchev–Trinajstić information content (AvgIpc) is 3.49. The van der Waals surface area contributed by atoms with E-state index in [-0.39, 0.29) is 16.6 Å². The van der Waals surface area contributed by atoms with Crippen molar-refractivity contribution in [3.8, 4) is 5.75 Å². The van der Waals surface area contributed by atoms with E-state index in [1.54, 1.807) is 42.5 Å². The molecule has 1 aromatic heterocycles. The molecule has 186 valence electrons. The minimum Gasteiger partial charge on any atom is -0.382 e. The van der Waals surface area contributed by atoms with Crippen LogP contribution < -0.4 is 14.8 Å². The van der Waals surface area contributed by atoms with E-state index >= 15 is 0 Å². The number of hydrogen-bond donors (Lipinski definition) is 3. The zero-order chi connectivity index (χ0) is 24.3. The first-order valence-electron chi connectivity index (χ1n) is 12.6. The molecule has 3 N–H and O–H groups in total. The molecule has 0 saturated heterocycles. The third kappa shape index (κ3) is 5.96. The van der Waals surface area contributed by atoms with E-state index in [1.165, 1.54) is 32.1 Å². The van der Waals surface area contributed by atoms with Gasteiger partial charge in [0.05, 0.1) is 11.0 Å². The summed E-state index contributed by atoms with van der Waals surface area (Å²) in [5.74, 6) is 0.910. The van der Waals surface area contributed by atoms with Crippen LogP contribution in [0.15, 0.2) is 47.4 Å². The van der Waals surface area contributed by atoms with Gasteiger partial charge in [0.25, 0.3) is 0 Å². The number of anilines is 2. The number of hydrogen-bond acceptors (Lipinski definition) is 6. The lowest BCUT2D eigenvalue weighted by Crippen LogP contribution is -2.18. The molecule has 5 rings (SSSR count). The van der Waals surface area contributed by atoms with Crippen molar-refractivity contribution in [2.75, 3.05) is 10.6 Å². The van der Waals surface area contributed by atoms with Crippen molar-refractivity contribution in [3.05, 3.63) is 42.5 Å². The van der Waals surface area contributed by atoms with Crippen LogP contribution in [-0.2, 0) is 14.9 Å². The van der Waals surface area contributed by atoms with Gasteiger partial charge >= 0.3 is 10.1 Å². The number of aromatic nitrogens is 2. The Hall–Kier alpha value is -3.07. The molecule has 0 aliphatic heterocycles. The van der Waals surface area contributed by atoms with Gasteiger partial charge in [0, 0.05) is 24.2 Å². The molecular formula is C26H32N4O4S. The van der Waals surface area contributed by atoms with Crippen molar-refractivity contribution >= 4 is 38.7 Å². The van der Waals surface area contributed by atoms with E-state index in [0.29, 0.717) is 35.4 Å². The number of fused-ring (bicyclic) bond motifs is 1. The maximum absolute atomic E-state index is 12.8. The second kappa shape index (κ2) is 10.3. The zero-order valence-electron chi connectivity index (χ0n) is 19.8. The lowest BCUT2D eigenvalue weighted by molar-refractivity contribution is -0.117. The highest BCUT2D eigenvalue weighted by Crippen LogP contribution is 2.28. The number of nitrogens with one attached hydrogen (secondary N) is 3. The van der Waals surface area contributed by atoms with Gasteiger partial charge in [-0.15, -0.1) is 0 Å². The molecule has 2 aliphatic carbocycles. The van der Waals surface area contributed by atoms with Gasteiger partial charge in [0.15, 0.2) is 0 Å². The lowest BCUT2D eigenvalue weighted by atomic mass is 9.87. The minimum atomic E-state index is -3.99. The van der Waals surface area contributed by atoms with Gasteiger partial charge in [0.2, 0.25) is 11.9 Å². The molecule has 0 atom stereocenters. The van der Waals surface area contributed by atoms with Gasteiger partial charge in [-0.05, 0) is 68.0 Å².